The van der Waals surface area contributed by atoms with Gasteiger partial charge in [0.15, 0.2) is 0 Å². The second kappa shape index (κ2) is 7.68. The van der Waals surface area contributed by atoms with Crippen LogP contribution in [-0.2, 0) is 14.8 Å². The minimum Gasteiger partial charge on any atom is -0.353 e. The van der Waals surface area contributed by atoms with Crippen molar-refractivity contribution in [2.45, 2.75) is 4.90 Å². The van der Waals surface area contributed by atoms with Gasteiger partial charge in [-0.3, -0.25) is 19.3 Å². The summed E-state index contributed by atoms with van der Waals surface area (Å²) in [5, 5.41) is 2.49. The van der Waals surface area contributed by atoms with Crippen LogP contribution in [0.1, 0.15) is 20.7 Å². The third kappa shape index (κ3) is 4.04. The molecule has 0 aliphatic carbocycles. The Morgan fingerprint density at radius 3 is 2.00 bits per heavy atom. The first-order chi connectivity index (χ1) is 12.9. The van der Waals surface area contributed by atoms with Crippen molar-refractivity contribution in [3.8, 4) is 0 Å². The zero-order valence-corrected chi connectivity index (χ0v) is 15.0. The maximum absolute atomic E-state index is 12.2. The zero-order chi connectivity index (χ0) is 19.4. The number of benzene rings is 2. The number of amides is 3. The van der Waals surface area contributed by atoms with Gasteiger partial charge in [0.05, 0.1) is 16.0 Å². The molecule has 27 heavy (non-hydrogen) atoms. The molecule has 0 saturated heterocycles. The van der Waals surface area contributed by atoms with E-state index >= 15 is 0 Å². The molecule has 0 radical (unpaired) electrons. The van der Waals surface area contributed by atoms with Crippen LogP contribution in [0.3, 0.4) is 0 Å². The minimum atomic E-state index is -3.65. The van der Waals surface area contributed by atoms with E-state index < -0.39 is 34.3 Å². The molecule has 140 valence electrons. The van der Waals surface area contributed by atoms with Crippen LogP contribution in [0.5, 0.6) is 0 Å². The molecule has 2 aromatic carbocycles. The van der Waals surface area contributed by atoms with Crippen LogP contribution in [0.15, 0.2) is 59.5 Å². The largest absolute Gasteiger partial charge is 0.353 e. The maximum Gasteiger partial charge on any atom is 0.262 e. The Balaban J connectivity index is 1.49. The average Bonchev–Trinajstić information content (AvgIpc) is 2.91. The number of nitrogens with one attached hydrogen (secondary N) is 2. The molecule has 9 heteroatoms. The standard InChI is InChI=1S/C18H17N3O5S/c22-16(12-21-17(23)14-8-4-5-9-15(14)18(21)24)19-10-11-20-27(25,26)13-6-2-1-3-7-13/h1-9,20H,10-12H2,(H,19,22). The van der Waals surface area contributed by atoms with Gasteiger partial charge in [-0.25, -0.2) is 13.1 Å². The molecule has 2 aromatic rings. The van der Waals surface area contributed by atoms with E-state index in [0.29, 0.717) is 0 Å². The predicted octanol–water partition coefficient (Wildman–Crippen LogP) is 0.377. The van der Waals surface area contributed by atoms with E-state index in [0.717, 1.165) is 4.90 Å². The third-order valence-corrected chi connectivity index (χ3v) is 5.45. The topological polar surface area (TPSA) is 113 Å². The van der Waals surface area contributed by atoms with Gasteiger partial charge in [0.25, 0.3) is 11.8 Å². The van der Waals surface area contributed by atoms with Gasteiger partial charge in [-0.15, -0.1) is 0 Å². The molecule has 1 heterocycles. The molecule has 1 aliphatic rings. The molecule has 3 amide bonds. The summed E-state index contributed by atoms with van der Waals surface area (Å²) in [6, 6.07) is 14.2. The van der Waals surface area contributed by atoms with Crippen molar-refractivity contribution in [1.82, 2.24) is 14.9 Å². The molecule has 8 nitrogen and oxygen atoms in total. The fourth-order valence-corrected chi connectivity index (χ4v) is 3.71. The van der Waals surface area contributed by atoms with E-state index in [1.54, 1.807) is 30.3 Å². The van der Waals surface area contributed by atoms with Gasteiger partial charge in [0.2, 0.25) is 15.9 Å². The highest BCUT2D eigenvalue weighted by Crippen LogP contribution is 2.21. The molecule has 0 unspecified atom stereocenters. The van der Waals surface area contributed by atoms with E-state index in [4.69, 9.17) is 0 Å². The van der Waals surface area contributed by atoms with E-state index in [9.17, 15) is 22.8 Å². The van der Waals surface area contributed by atoms with Crippen LogP contribution in [0, 0.1) is 0 Å². The van der Waals surface area contributed by atoms with Crippen LogP contribution in [-0.4, -0.2) is 50.7 Å². The number of sulfonamides is 1. The summed E-state index contributed by atoms with van der Waals surface area (Å²) in [5.74, 6) is -1.59. The first kappa shape index (κ1) is 18.7. The third-order valence-electron chi connectivity index (χ3n) is 3.97. The summed E-state index contributed by atoms with van der Waals surface area (Å²) < 4.78 is 26.5. The van der Waals surface area contributed by atoms with Gasteiger partial charge in [0.1, 0.15) is 6.54 Å². The lowest BCUT2D eigenvalue weighted by molar-refractivity contribution is -0.121. The Morgan fingerprint density at radius 2 is 1.41 bits per heavy atom. The lowest BCUT2D eigenvalue weighted by Crippen LogP contribution is -2.42. The molecule has 0 aromatic heterocycles. The van der Waals surface area contributed by atoms with E-state index in [1.165, 1.54) is 24.3 Å². The number of carbonyl (C=O) groups excluding carboxylic acids is 3. The van der Waals surface area contributed by atoms with Crippen LogP contribution < -0.4 is 10.0 Å². The molecule has 1 aliphatic heterocycles. The molecular formula is C18H17N3O5S. The number of carbonyl (C=O) groups is 3. The SMILES string of the molecule is O=C(CN1C(=O)c2ccccc2C1=O)NCCNS(=O)(=O)c1ccccc1. The van der Waals surface area contributed by atoms with Gasteiger partial charge >= 0.3 is 0 Å². The fourth-order valence-electron chi connectivity index (χ4n) is 2.65. The van der Waals surface area contributed by atoms with E-state index in [2.05, 4.69) is 10.0 Å². The molecular weight excluding hydrogens is 370 g/mol. The summed E-state index contributed by atoms with van der Waals surface area (Å²) >= 11 is 0. The van der Waals surface area contributed by atoms with Gasteiger partial charge in [0, 0.05) is 13.1 Å². The molecule has 0 saturated carbocycles. The minimum absolute atomic E-state index is 0.0219. The van der Waals surface area contributed by atoms with Gasteiger partial charge in [-0.1, -0.05) is 30.3 Å². The highest BCUT2D eigenvalue weighted by molar-refractivity contribution is 7.89. The highest BCUT2D eigenvalue weighted by atomic mass is 32.2. The van der Waals surface area contributed by atoms with Gasteiger partial charge < -0.3 is 5.32 Å². The van der Waals surface area contributed by atoms with Crippen LogP contribution in [0.4, 0.5) is 0 Å². The van der Waals surface area contributed by atoms with Gasteiger partial charge in [-0.2, -0.15) is 0 Å². The second-order valence-electron chi connectivity index (χ2n) is 5.80. The van der Waals surface area contributed by atoms with Gasteiger partial charge in [-0.05, 0) is 24.3 Å². The lowest BCUT2D eigenvalue weighted by Gasteiger charge is -2.13. The van der Waals surface area contributed by atoms with Crippen LogP contribution in [0.25, 0.3) is 0 Å². The van der Waals surface area contributed by atoms with Crippen molar-refractivity contribution in [1.29, 1.82) is 0 Å². The Hall–Kier alpha value is -3.04. The Bertz CT molecular complexity index is 954. The first-order valence-electron chi connectivity index (χ1n) is 8.17. The average molecular weight is 387 g/mol. The van der Waals surface area contributed by atoms with Crippen molar-refractivity contribution in [2.24, 2.45) is 0 Å². The maximum atomic E-state index is 12.2. The van der Waals surface area contributed by atoms with E-state index in [1.807, 2.05) is 0 Å². The lowest BCUT2D eigenvalue weighted by atomic mass is 10.1. The normalized spacial score (nSPS) is 13.6. The van der Waals surface area contributed by atoms with Crippen molar-refractivity contribution in [2.75, 3.05) is 19.6 Å². The number of hydrogen-bond donors (Lipinski definition) is 2. The number of imide groups is 1. The van der Waals surface area contributed by atoms with Crippen molar-refractivity contribution in [3.05, 3.63) is 65.7 Å². The summed E-state index contributed by atoms with van der Waals surface area (Å²) in [6.45, 7) is -0.420. The monoisotopic (exact) mass is 387 g/mol. The number of hydrogen-bond acceptors (Lipinski definition) is 5. The second-order valence-corrected chi connectivity index (χ2v) is 7.57. The zero-order valence-electron chi connectivity index (χ0n) is 14.2. The fraction of sp³-hybridized carbons (Fsp3) is 0.167. The molecule has 2 N–H and O–H groups in total. The first-order valence-corrected chi connectivity index (χ1v) is 9.65. The molecule has 0 fully saturated rings. The summed E-state index contributed by atoms with van der Waals surface area (Å²) in [7, 11) is -3.65. The summed E-state index contributed by atoms with van der Waals surface area (Å²) in [6.07, 6.45) is 0. The molecule has 0 atom stereocenters. The smallest absolute Gasteiger partial charge is 0.262 e. The Labute approximate surface area is 156 Å². The highest BCUT2D eigenvalue weighted by Gasteiger charge is 2.36. The molecule has 0 bridgehead atoms. The summed E-state index contributed by atoms with van der Waals surface area (Å²) in [5.41, 5.74) is 0.539. The number of fused-ring (bicyclic) bond motifs is 1. The number of nitrogens with zero attached hydrogens (tertiary/aromatic N) is 1. The quantitative estimate of drug-likeness (QED) is 0.527. The Morgan fingerprint density at radius 1 is 0.852 bits per heavy atom. The van der Waals surface area contributed by atoms with Crippen molar-refractivity contribution >= 4 is 27.7 Å². The van der Waals surface area contributed by atoms with Crippen molar-refractivity contribution in [3.63, 3.8) is 0 Å². The predicted molar refractivity (Wildman–Crippen MR) is 96.4 cm³/mol. The van der Waals surface area contributed by atoms with Crippen LogP contribution in [0.2, 0.25) is 0 Å². The van der Waals surface area contributed by atoms with E-state index in [-0.39, 0.29) is 29.1 Å². The van der Waals surface area contributed by atoms with Crippen LogP contribution >= 0.6 is 0 Å². The summed E-state index contributed by atoms with van der Waals surface area (Å²) in [4.78, 5) is 37.4. The number of rotatable bonds is 7. The molecule has 0 spiro atoms. The molecule has 3 rings (SSSR count). The Kier molecular flexibility index (Phi) is 5.33. The van der Waals surface area contributed by atoms with Crippen molar-refractivity contribution < 1.29 is 22.8 Å².